The van der Waals surface area contributed by atoms with Crippen LogP contribution in [0.4, 0.5) is 5.82 Å². The molecule has 0 amide bonds. The molecule has 7 heteroatoms. The molecule has 2 aromatic heterocycles. The van der Waals surface area contributed by atoms with Crippen molar-refractivity contribution in [2.24, 2.45) is 0 Å². The summed E-state index contributed by atoms with van der Waals surface area (Å²) >= 11 is 6.07. The number of nitrogens with one attached hydrogen (secondary N) is 1. The lowest BCUT2D eigenvalue weighted by Crippen LogP contribution is -2.37. The summed E-state index contributed by atoms with van der Waals surface area (Å²) < 4.78 is 7.34. The van der Waals surface area contributed by atoms with Gasteiger partial charge >= 0.3 is 0 Å². The van der Waals surface area contributed by atoms with Gasteiger partial charge in [0.2, 0.25) is 0 Å². The Morgan fingerprint density at radius 2 is 1.87 bits per heavy atom. The highest BCUT2D eigenvalue weighted by atomic mass is 35.5. The molecule has 0 unspecified atom stereocenters. The van der Waals surface area contributed by atoms with Crippen molar-refractivity contribution in [3.63, 3.8) is 0 Å². The molecule has 1 fully saturated rings. The van der Waals surface area contributed by atoms with Crippen molar-refractivity contribution in [2.75, 3.05) is 44.7 Å². The van der Waals surface area contributed by atoms with Crippen LogP contribution in [0.3, 0.4) is 0 Å². The van der Waals surface area contributed by atoms with Crippen molar-refractivity contribution in [1.29, 1.82) is 0 Å². The van der Waals surface area contributed by atoms with Gasteiger partial charge in [-0.05, 0) is 30.7 Å². The van der Waals surface area contributed by atoms with Gasteiger partial charge < -0.3 is 10.1 Å². The summed E-state index contributed by atoms with van der Waals surface area (Å²) in [5, 5.41) is 8.96. The predicted molar refractivity (Wildman–Crippen MR) is 122 cm³/mol. The zero-order valence-electron chi connectivity index (χ0n) is 18.0. The van der Waals surface area contributed by atoms with E-state index in [1.54, 1.807) is 0 Å². The SMILES string of the molecule is CC(C)(C)c1cc(NCCCN2CCOCC2)n2ncc(-c3ccc(Cl)cc3)c2n1. The van der Waals surface area contributed by atoms with E-state index in [4.69, 9.17) is 21.3 Å². The highest BCUT2D eigenvalue weighted by Crippen LogP contribution is 2.30. The number of nitrogens with zero attached hydrogens (tertiary/aromatic N) is 4. The molecule has 30 heavy (non-hydrogen) atoms. The molecule has 1 aliphatic rings. The maximum absolute atomic E-state index is 6.07. The smallest absolute Gasteiger partial charge is 0.165 e. The van der Waals surface area contributed by atoms with Gasteiger partial charge in [-0.25, -0.2) is 4.98 Å². The minimum atomic E-state index is -0.0620. The fourth-order valence-corrected chi connectivity index (χ4v) is 3.78. The highest BCUT2D eigenvalue weighted by molar-refractivity contribution is 6.30. The summed E-state index contributed by atoms with van der Waals surface area (Å²) in [6.45, 7) is 12.3. The highest BCUT2D eigenvalue weighted by Gasteiger charge is 2.20. The Morgan fingerprint density at radius 1 is 1.13 bits per heavy atom. The molecule has 1 N–H and O–H groups in total. The molecule has 160 valence electrons. The van der Waals surface area contributed by atoms with Gasteiger partial charge in [-0.3, -0.25) is 4.90 Å². The van der Waals surface area contributed by atoms with E-state index >= 15 is 0 Å². The lowest BCUT2D eigenvalue weighted by Gasteiger charge is -2.26. The summed E-state index contributed by atoms with van der Waals surface area (Å²) in [6, 6.07) is 9.96. The van der Waals surface area contributed by atoms with Crippen molar-refractivity contribution in [1.82, 2.24) is 19.5 Å². The normalized spacial score (nSPS) is 15.6. The van der Waals surface area contributed by atoms with Gasteiger partial charge in [0.15, 0.2) is 5.65 Å². The third kappa shape index (κ3) is 4.77. The van der Waals surface area contributed by atoms with Gasteiger partial charge in [0.1, 0.15) is 5.82 Å². The van der Waals surface area contributed by atoms with Crippen molar-refractivity contribution < 1.29 is 4.74 Å². The van der Waals surface area contributed by atoms with Gasteiger partial charge in [0.25, 0.3) is 0 Å². The van der Waals surface area contributed by atoms with Crippen molar-refractivity contribution >= 4 is 23.1 Å². The van der Waals surface area contributed by atoms with Crippen molar-refractivity contribution in [2.45, 2.75) is 32.6 Å². The number of rotatable bonds is 6. The quantitative estimate of drug-likeness (QED) is 0.588. The number of halogens is 1. The Balaban J connectivity index is 1.59. The van der Waals surface area contributed by atoms with Crippen LogP contribution >= 0.6 is 11.6 Å². The lowest BCUT2D eigenvalue weighted by molar-refractivity contribution is 0.0378. The standard InChI is InChI=1S/C23H30ClN5O/c1-23(2,3)20-15-21(25-9-4-10-28-11-13-30-14-12-28)29-22(27-20)19(16-26-29)17-5-7-18(24)8-6-17/h5-8,15-16,25H,4,9-14H2,1-3H3. The Morgan fingerprint density at radius 3 is 2.57 bits per heavy atom. The largest absolute Gasteiger partial charge is 0.379 e. The molecule has 3 aromatic rings. The maximum atomic E-state index is 6.07. The molecule has 1 aromatic carbocycles. The molecule has 6 nitrogen and oxygen atoms in total. The topological polar surface area (TPSA) is 54.7 Å². The summed E-state index contributed by atoms with van der Waals surface area (Å²) in [5.74, 6) is 0.979. The second kappa shape index (κ2) is 8.92. The Labute approximate surface area is 183 Å². The van der Waals surface area contributed by atoms with Gasteiger partial charge in [-0.2, -0.15) is 9.61 Å². The number of morpholine rings is 1. The second-order valence-corrected chi connectivity index (χ2v) is 9.25. The Hall–Kier alpha value is -2.15. The number of hydrogen-bond acceptors (Lipinski definition) is 5. The van der Waals surface area contributed by atoms with E-state index in [1.807, 2.05) is 35.0 Å². The molecular weight excluding hydrogens is 398 g/mol. The molecular formula is C23H30ClN5O. The zero-order chi connectivity index (χ0) is 21.1. The van der Waals surface area contributed by atoms with E-state index in [-0.39, 0.29) is 5.41 Å². The average Bonchev–Trinajstić information content (AvgIpc) is 3.16. The zero-order valence-corrected chi connectivity index (χ0v) is 18.7. The third-order valence-electron chi connectivity index (χ3n) is 5.46. The number of aromatic nitrogens is 3. The lowest BCUT2D eigenvalue weighted by atomic mass is 9.92. The molecule has 1 aliphatic heterocycles. The van der Waals surface area contributed by atoms with Crippen LogP contribution in [0.25, 0.3) is 16.8 Å². The fraction of sp³-hybridized carbons (Fsp3) is 0.478. The van der Waals surface area contributed by atoms with Crippen LogP contribution in [0.2, 0.25) is 5.02 Å². The van der Waals surface area contributed by atoms with Gasteiger partial charge in [0, 0.05) is 41.7 Å². The number of ether oxygens (including phenoxy) is 1. The maximum Gasteiger partial charge on any atom is 0.165 e. The Bertz CT molecular complexity index is 987. The summed E-state index contributed by atoms with van der Waals surface area (Å²) in [6.07, 6.45) is 2.96. The number of anilines is 1. The number of hydrogen-bond donors (Lipinski definition) is 1. The molecule has 1 saturated heterocycles. The van der Waals surface area contributed by atoms with E-state index in [0.717, 1.165) is 79.1 Å². The minimum Gasteiger partial charge on any atom is -0.379 e. The van der Waals surface area contributed by atoms with Crippen LogP contribution in [0.1, 0.15) is 32.9 Å². The van der Waals surface area contributed by atoms with Crippen molar-refractivity contribution in [3.8, 4) is 11.1 Å². The second-order valence-electron chi connectivity index (χ2n) is 8.81. The molecule has 0 radical (unpaired) electrons. The van der Waals surface area contributed by atoms with E-state index in [0.29, 0.717) is 0 Å². The van der Waals surface area contributed by atoms with Crippen LogP contribution < -0.4 is 5.32 Å². The molecule has 3 heterocycles. The van der Waals surface area contributed by atoms with Gasteiger partial charge in [0.05, 0.1) is 25.1 Å². The van der Waals surface area contributed by atoms with Crippen LogP contribution in [0.5, 0.6) is 0 Å². The van der Waals surface area contributed by atoms with Crippen LogP contribution in [-0.2, 0) is 10.2 Å². The Kier molecular flexibility index (Phi) is 6.27. The van der Waals surface area contributed by atoms with Crippen LogP contribution in [-0.4, -0.2) is 58.9 Å². The molecule has 0 atom stereocenters. The average molecular weight is 428 g/mol. The predicted octanol–water partition coefficient (Wildman–Crippen LogP) is 4.48. The monoisotopic (exact) mass is 427 g/mol. The number of benzene rings is 1. The van der Waals surface area contributed by atoms with Gasteiger partial charge in [-0.15, -0.1) is 0 Å². The molecule has 0 bridgehead atoms. The van der Waals surface area contributed by atoms with Gasteiger partial charge in [-0.1, -0.05) is 44.5 Å². The van der Waals surface area contributed by atoms with E-state index in [9.17, 15) is 0 Å². The fourth-order valence-electron chi connectivity index (χ4n) is 3.65. The third-order valence-corrected chi connectivity index (χ3v) is 5.71. The van der Waals surface area contributed by atoms with E-state index in [2.05, 4.69) is 42.2 Å². The number of fused-ring (bicyclic) bond motifs is 1. The van der Waals surface area contributed by atoms with Crippen molar-refractivity contribution in [3.05, 3.63) is 47.2 Å². The minimum absolute atomic E-state index is 0.0620. The first-order valence-electron chi connectivity index (χ1n) is 10.6. The van der Waals surface area contributed by atoms with Crippen LogP contribution in [0.15, 0.2) is 36.5 Å². The van der Waals surface area contributed by atoms with Crippen LogP contribution in [0, 0.1) is 0 Å². The molecule has 0 spiro atoms. The first-order valence-corrected chi connectivity index (χ1v) is 11.0. The summed E-state index contributed by atoms with van der Waals surface area (Å²) in [4.78, 5) is 7.43. The molecule has 0 aliphatic carbocycles. The summed E-state index contributed by atoms with van der Waals surface area (Å²) in [5.41, 5.74) is 3.91. The van der Waals surface area contributed by atoms with E-state index < -0.39 is 0 Å². The summed E-state index contributed by atoms with van der Waals surface area (Å²) in [7, 11) is 0. The first kappa shape index (κ1) is 21.1. The molecule has 4 rings (SSSR count). The first-order chi connectivity index (χ1) is 14.4. The molecule has 0 saturated carbocycles. The van der Waals surface area contributed by atoms with E-state index in [1.165, 1.54) is 0 Å².